The minimum Gasteiger partial charge on any atom is -0.338 e. The minimum atomic E-state index is 0.0562. The molecule has 146 valence electrons. The standard InChI is InChI=1S/C24H23N3S2/c1-2-18-16-28-24-26-22(21-10-6-7-15-25-21)23(27(18)24)17-11-13-20(14-12-17)29-19-8-4-3-5-9-19/h3-15,18,22-23H,2,16H2,1H3. The van der Waals surface area contributed by atoms with E-state index in [9.17, 15) is 0 Å². The largest absolute Gasteiger partial charge is 0.338 e. The lowest BCUT2D eigenvalue weighted by molar-refractivity contribution is 0.255. The van der Waals surface area contributed by atoms with Gasteiger partial charge in [0.2, 0.25) is 0 Å². The Morgan fingerprint density at radius 1 is 0.966 bits per heavy atom. The molecule has 2 aromatic carbocycles. The van der Waals surface area contributed by atoms with Crippen LogP contribution in [0.25, 0.3) is 0 Å². The van der Waals surface area contributed by atoms with Gasteiger partial charge in [-0.2, -0.15) is 0 Å². The molecule has 3 aromatic rings. The van der Waals surface area contributed by atoms with Crippen LogP contribution in [0.2, 0.25) is 0 Å². The first-order valence-electron chi connectivity index (χ1n) is 10.1. The molecule has 1 aromatic heterocycles. The highest BCUT2D eigenvalue weighted by molar-refractivity contribution is 8.14. The number of thioether (sulfide) groups is 1. The number of nitrogens with zero attached hydrogens (tertiary/aromatic N) is 3. The Kier molecular flexibility index (Phi) is 5.34. The van der Waals surface area contributed by atoms with Crippen molar-refractivity contribution in [2.24, 2.45) is 4.99 Å². The van der Waals surface area contributed by atoms with E-state index in [0.717, 1.165) is 17.9 Å². The zero-order valence-corrected chi connectivity index (χ0v) is 17.9. The van der Waals surface area contributed by atoms with Crippen LogP contribution in [0.1, 0.15) is 36.7 Å². The molecule has 0 radical (unpaired) electrons. The SMILES string of the molecule is CCC1CSC2=NC(c3ccccn3)C(c3ccc(Sc4ccccc4)cc3)N21. The summed E-state index contributed by atoms with van der Waals surface area (Å²) in [6.45, 7) is 2.28. The number of fused-ring (bicyclic) bond motifs is 1. The lowest BCUT2D eigenvalue weighted by Crippen LogP contribution is -2.35. The van der Waals surface area contributed by atoms with Crippen LogP contribution in [0.5, 0.6) is 0 Å². The Bertz CT molecular complexity index is 990. The lowest BCUT2D eigenvalue weighted by Gasteiger charge is -2.32. The topological polar surface area (TPSA) is 28.5 Å². The summed E-state index contributed by atoms with van der Waals surface area (Å²) in [6, 6.07) is 26.5. The third-order valence-corrected chi connectivity index (χ3v) is 7.67. The molecule has 0 amide bonds. The first-order valence-corrected chi connectivity index (χ1v) is 11.9. The fourth-order valence-electron chi connectivity index (χ4n) is 4.07. The van der Waals surface area contributed by atoms with Gasteiger partial charge < -0.3 is 4.90 Å². The molecule has 3 nitrogen and oxygen atoms in total. The molecule has 29 heavy (non-hydrogen) atoms. The number of hydrogen-bond acceptors (Lipinski definition) is 5. The first-order chi connectivity index (χ1) is 14.3. The van der Waals surface area contributed by atoms with Crippen molar-refractivity contribution in [1.82, 2.24) is 9.88 Å². The molecule has 1 saturated heterocycles. The van der Waals surface area contributed by atoms with Crippen LogP contribution in [-0.2, 0) is 0 Å². The Hall–Kier alpha value is -2.24. The maximum Gasteiger partial charge on any atom is 0.160 e. The maximum atomic E-state index is 5.10. The number of benzene rings is 2. The average Bonchev–Trinajstić information content (AvgIpc) is 3.35. The van der Waals surface area contributed by atoms with Gasteiger partial charge in [-0.1, -0.05) is 66.8 Å². The lowest BCUT2D eigenvalue weighted by atomic mass is 9.95. The number of aliphatic imine (C=N–C) groups is 1. The second kappa shape index (κ2) is 8.25. The molecule has 3 heterocycles. The Balaban J connectivity index is 1.46. The van der Waals surface area contributed by atoms with E-state index in [1.165, 1.54) is 20.5 Å². The summed E-state index contributed by atoms with van der Waals surface area (Å²) >= 11 is 3.69. The second-order valence-electron chi connectivity index (χ2n) is 7.32. The highest BCUT2D eigenvalue weighted by Crippen LogP contribution is 2.48. The molecule has 3 atom stereocenters. The molecule has 1 fully saturated rings. The summed E-state index contributed by atoms with van der Waals surface area (Å²) in [5.74, 6) is 1.13. The summed E-state index contributed by atoms with van der Waals surface area (Å²) in [6.07, 6.45) is 3.01. The van der Waals surface area contributed by atoms with E-state index >= 15 is 0 Å². The van der Waals surface area contributed by atoms with Gasteiger partial charge in [0.1, 0.15) is 6.04 Å². The van der Waals surface area contributed by atoms with Crippen molar-refractivity contribution in [2.75, 3.05) is 5.75 Å². The van der Waals surface area contributed by atoms with Crippen LogP contribution in [0, 0.1) is 0 Å². The number of rotatable bonds is 5. The summed E-state index contributed by atoms with van der Waals surface area (Å²) in [5, 5.41) is 1.18. The Labute approximate surface area is 180 Å². The predicted octanol–water partition coefficient (Wildman–Crippen LogP) is 6.21. The van der Waals surface area contributed by atoms with Gasteiger partial charge in [0.05, 0.1) is 11.7 Å². The monoisotopic (exact) mass is 417 g/mol. The van der Waals surface area contributed by atoms with Crippen LogP contribution in [0.15, 0.2) is 93.8 Å². The zero-order valence-electron chi connectivity index (χ0n) is 16.3. The van der Waals surface area contributed by atoms with Gasteiger partial charge in [-0.25, -0.2) is 0 Å². The van der Waals surface area contributed by atoms with Crippen molar-refractivity contribution in [3.63, 3.8) is 0 Å². The average molecular weight is 418 g/mol. The molecule has 2 aliphatic rings. The number of aromatic nitrogens is 1. The van der Waals surface area contributed by atoms with E-state index in [0.29, 0.717) is 6.04 Å². The Morgan fingerprint density at radius 2 is 1.72 bits per heavy atom. The number of pyridine rings is 1. The third-order valence-electron chi connectivity index (χ3n) is 5.53. The molecule has 3 unspecified atom stereocenters. The molecule has 5 heteroatoms. The first kappa shape index (κ1) is 18.8. The smallest absolute Gasteiger partial charge is 0.160 e. The van der Waals surface area contributed by atoms with E-state index in [1.54, 1.807) is 11.8 Å². The van der Waals surface area contributed by atoms with Crippen molar-refractivity contribution in [3.8, 4) is 0 Å². The summed E-state index contributed by atoms with van der Waals surface area (Å²) < 4.78 is 0. The molecule has 2 aliphatic heterocycles. The zero-order chi connectivity index (χ0) is 19.6. The Morgan fingerprint density at radius 3 is 2.45 bits per heavy atom. The van der Waals surface area contributed by atoms with Crippen LogP contribution < -0.4 is 0 Å². The van der Waals surface area contributed by atoms with Crippen LogP contribution in [-0.4, -0.2) is 26.8 Å². The van der Waals surface area contributed by atoms with E-state index in [4.69, 9.17) is 4.99 Å². The molecule has 0 N–H and O–H groups in total. The fourth-order valence-corrected chi connectivity index (χ4v) is 6.24. The van der Waals surface area contributed by atoms with Gasteiger partial charge in [-0.15, -0.1) is 0 Å². The van der Waals surface area contributed by atoms with E-state index in [2.05, 4.69) is 83.5 Å². The van der Waals surface area contributed by atoms with Crippen LogP contribution in [0.4, 0.5) is 0 Å². The third kappa shape index (κ3) is 3.69. The number of amidine groups is 1. The molecule has 0 bridgehead atoms. The molecule has 0 spiro atoms. The second-order valence-corrected chi connectivity index (χ2v) is 9.45. The molecular formula is C24H23N3S2. The van der Waals surface area contributed by atoms with Gasteiger partial charge in [0.25, 0.3) is 0 Å². The van der Waals surface area contributed by atoms with Gasteiger partial charge in [0.15, 0.2) is 5.17 Å². The van der Waals surface area contributed by atoms with E-state index in [-0.39, 0.29) is 12.1 Å². The summed E-state index contributed by atoms with van der Waals surface area (Å²) in [7, 11) is 0. The van der Waals surface area contributed by atoms with Gasteiger partial charge >= 0.3 is 0 Å². The molecule has 0 saturated carbocycles. The normalized spacial score (nSPS) is 23.1. The molecule has 5 rings (SSSR count). The van der Waals surface area contributed by atoms with Crippen molar-refractivity contribution in [2.45, 2.75) is 41.3 Å². The predicted molar refractivity (Wildman–Crippen MR) is 123 cm³/mol. The van der Waals surface area contributed by atoms with Crippen molar-refractivity contribution >= 4 is 28.7 Å². The molecular weight excluding hydrogens is 394 g/mol. The van der Waals surface area contributed by atoms with Gasteiger partial charge in [0, 0.05) is 27.8 Å². The summed E-state index contributed by atoms with van der Waals surface area (Å²) in [5.41, 5.74) is 2.37. The van der Waals surface area contributed by atoms with E-state index in [1.807, 2.05) is 24.0 Å². The van der Waals surface area contributed by atoms with Gasteiger partial charge in [-0.3, -0.25) is 9.98 Å². The highest BCUT2D eigenvalue weighted by atomic mass is 32.2. The quantitative estimate of drug-likeness (QED) is 0.493. The van der Waals surface area contributed by atoms with E-state index < -0.39 is 0 Å². The van der Waals surface area contributed by atoms with Gasteiger partial charge in [-0.05, 0) is 48.4 Å². The summed E-state index contributed by atoms with van der Waals surface area (Å²) in [4.78, 5) is 14.8. The molecule has 0 aliphatic carbocycles. The minimum absolute atomic E-state index is 0.0562. The van der Waals surface area contributed by atoms with Crippen molar-refractivity contribution in [3.05, 3.63) is 90.3 Å². The van der Waals surface area contributed by atoms with Crippen LogP contribution in [0.3, 0.4) is 0 Å². The van der Waals surface area contributed by atoms with Crippen LogP contribution >= 0.6 is 23.5 Å². The number of hydrogen-bond donors (Lipinski definition) is 0. The van der Waals surface area contributed by atoms with Crippen molar-refractivity contribution < 1.29 is 0 Å². The highest BCUT2D eigenvalue weighted by Gasteiger charge is 2.45. The fraction of sp³-hybridized carbons (Fsp3) is 0.250. The van der Waals surface area contributed by atoms with Crippen molar-refractivity contribution in [1.29, 1.82) is 0 Å². The maximum absolute atomic E-state index is 5.10.